The van der Waals surface area contributed by atoms with Crippen LogP contribution in [0.5, 0.6) is 0 Å². The van der Waals surface area contributed by atoms with Gasteiger partial charge in [0.05, 0.1) is 27.7 Å². The lowest BCUT2D eigenvalue weighted by Crippen LogP contribution is -1.98. The molecule has 1 N–H and O–H groups in total. The Hall–Kier alpha value is -0.930. The smallest absolute Gasteiger partial charge is 0.0952 e. The summed E-state index contributed by atoms with van der Waals surface area (Å²) in [6, 6.07) is 7.64. The fourth-order valence-corrected chi connectivity index (χ4v) is 1.81. The van der Waals surface area contributed by atoms with E-state index in [1.54, 1.807) is 12.5 Å². The normalized spacial score (nSPS) is 10.3. The highest BCUT2D eigenvalue weighted by Crippen LogP contribution is 2.30. The zero-order valence-electron chi connectivity index (χ0n) is 7.84. The monoisotopic (exact) mass is 285 g/mol. The molecule has 0 aliphatic heterocycles. The maximum Gasteiger partial charge on any atom is 0.0952 e. The van der Waals surface area contributed by atoms with Gasteiger partial charge in [0, 0.05) is 12.1 Å². The highest BCUT2D eigenvalue weighted by molar-refractivity contribution is 9.10. The number of furan rings is 1. The quantitative estimate of drug-likeness (QED) is 0.909. The van der Waals surface area contributed by atoms with Crippen LogP contribution in [0.1, 0.15) is 5.56 Å². The zero-order chi connectivity index (χ0) is 10.7. The number of hydrogen-bond acceptors (Lipinski definition) is 2. The molecule has 0 radical (unpaired) electrons. The Bertz CT molecular complexity index is 442. The van der Waals surface area contributed by atoms with E-state index in [-0.39, 0.29) is 0 Å². The second-order valence-corrected chi connectivity index (χ2v) is 4.29. The third-order valence-corrected chi connectivity index (χ3v) is 3.41. The minimum absolute atomic E-state index is 0.701. The third-order valence-electron chi connectivity index (χ3n) is 2.01. The van der Waals surface area contributed by atoms with Gasteiger partial charge in [0.2, 0.25) is 0 Å². The molecule has 0 amide bonds. The van der Waals surface area contributed by atoms with Gasteiger partial charge in [-0.05, 0) is 34.1 Å². The third kappa shape index (κ3) is 2.55. The number of rotatable bonds is 3. The van der Waals surface area contributed by atoms with Gasteiger partial charge in [-0.3, -0.25) is 0 Å². The van der Waals surface area contributed by atoms with E-state index in [9.17, 15) is 0 Å². The molecule has 2 nitrogen and oxygen atoms in total. The van der Waals surface area contributed by atoms with Crippen LogP contribution in [-0.4, -0.2) is 0 Å². The molecule has 0 atom stereocenters. The molecule has 0 bridgehead atoms. The lowest BCUT2D eigenvalue weighted by Gasteiger charge is -2.07. The van der Waals surface area contributed by atoms with Crippen molar-refractivity contribution in [1.29, 1.82) is 0 Å². The Kier molecular flexibility index (Phi) is 3.34. The van der Waals surface area contributed by atoms with Crippen molar-refractivity contribution >= 4 is 33.2 Å². The second-order valence-electron chi connectivity index (χ2n) is 3.09. The van der Waals surface area contributed by atoms with Gasteiger partial charge in [0.1, 0.15) is 0 Å². The van der Waals surface area contributed by atoms with Crippen molar-refractivity contribution in [1.82, 2.24) is 0 Å². The summed E-state index contributed by atoms with van der Waals surface area (Å²) in [5, 5.41) is 3.97. The summed E-state index contributed by atoms with van der Waals surface area (Å²) >= 11 is 9.40. The van der Waals surface area contributed by atoms with Gasteiger partial charge in [-0.1, -0.05) is 17.7 Å². The average Bonchev–Trinajstić information content (AvgIpc) is 2.73. The Morgan fingerprint density at radius 1 is 1.33 bits per heavy atom. The van der Waals surface area contributed by atoms with E-state index in [0.717, 1.165) is 22.3 Å². The summed E-state index contributed by atoms with van der Waals surface area (Å²) in [5.41, 5.74) is 2.07. The molecule has 0 saturated carbocycles. The van der Waals surface area contributed by atoms with Crippen LogP contribution >= 0.6 is 27.5 Å². The summed E-state index contributed by atoms with van der Waals surface area (Å²) in [4.78, 5) is 0. The van der Waals surface area contributed by atoms with Crippen molar-refractivity contribution < 1.29 is 4.42 Å². The fourth-order valence-electron chi connectivity index (χ4n) is 1.23. The van der Waals surface area contributed by atoms with Gasteiger partial charge >= 0.3 is 0 Å². The molecule has 0 aliphatic carbocycles. The predicted octanol–water partition coefficient (Wildman–Crippen LogP) is 4.31. The zero-order valence-corrected chi connectivity index (χ0v) is 10.2. The highest BCUT2D eigenvalue weighted by Gasteiger charge is 2.03. The first-order valence-electron chi connectivity index (χ1n) is 4.46. The molecule has 2 rings (SSSR count). The van der Waals surface area contributed by atoms with Crippen molar-refractivity contribution in [3.05, 3.63) is 51.9 Å². The van der Waals surface area contributed by atoms with E-state index in [1.807, 2.05) is 24.3 Å². The molecule has 0 unspecified atom stereocenters. The van der Waals surface area contributed by atoms with Crippen LogP contribution in [0, 0.1) is 0 Å². The van der Waals surface area contributed by atoms with Gasteiger partial charge in [0.25, 0.3) is 0 Å². The number of halogens is 2. The van der Waals surface area contributed by atoms with Crippen molar-refractivity contribution in [3.63, 3.8) is 0 Å². The standard InChI is InChI=1S/C11H9BrClNO/c12-11-9(13)2-1-3-10(11)14-6-8-4-5-15-7-8/h1-5,7,14H,6H2. The molecule has 2 aromatic rings. The molecule has 1 aromatic heterocycles. The number of benzene rings is 1. The summed E-state index contributed by atoms with van der Waals surface area (Å²) in [7, 11) is 0. The Morgan fingerprint density at radius 2 is 2.20 bits per heavy atom. The molecule has 15 heavy (non-hydrogen) atoms. The van der Waals surface area contributed by atoms with E-state index in [1.165, 1.54) is 0 Å². The molecule has 78 valence electrons. The van der Waals surface area contributed by atoms with Crippen LogP contribution < -0.4 is 5.32 Å². The minimum atomic E-state index is 0.701. The van der Waals surface area contributed by atoms with Crippen molar-refractivity contribution in [2.45, 2.75) is 6.54 Å². The fraction of sp³-hybridized carbons (Fsp3) is 0.0909. The molecule has 0 spiro atoms. The summed E-state index contributed by atoms with van der Waals surface area (Å²) < 4.78 is 5.86. The molecule has 4 heteroatoms. The average molecular weight is 287 g/mol. The molecule has 0 fully saturated rings. The number of hydrogen-bond donors (Lipinski definition) is 1. The van der Waals surface area contributed by atoms with Gasteiger partial charge in [-0.2, -0.15) is 0 Å². The van der Waals surface area contributed by atoms with Crippen LogP contribution in [0.4, 0.5) is 5.69 Å². The number of nitrogens with one attached hydrogen (secondary N) is 1. The highest BCUT2D eigenvalue weighted by atomic mass is 79.9. The Labute approximate surface area is 101 Å². The molecule has 0 saturated heterocycles. The largest absolute Gasteiger partial charge is 0.472 e. The van der Waals surface area contributed by atoms with Crippen LogP contribution in [0.3, 0.4) is 0 Å². The van der Waals surface area contributed by atoms with E-state index in [4.69, 9.17) is 16.0 Å². The summed E-state index contributed by atoms with van der Waals surface area (Å²) in [6.45, 7) is 0.718. The molecule has 1 heterocycles. The minimum Gasteiger partial charge on any atom is -0.472 e. The summed E-state index contributed by atoms with van der Waals surface area (Å²) in [6.07, 6.45) is 3.37. The van der Waals surface area contributed by atoms with Crippen LogP contribution in [0.15, 0.2) is 45.7 Å². The van der Waals surface area contributed by atoms with Gasteiger partial charge < -0.3 is 9.73 Å². The summed E-state index contributed by atoms with van der Waals surface area (Å²) in [5.74, 6) is 0. The van der Waals surface area contributed by atoms with Crippen molar-refractivity contribution in [2.75, 3.05) is 5.32 Å². The van der Waals surface area contributed by atoms with Crippen LogP contribution in [0.25, 0.3) is 0 Å². The molecular formula is C11H9BrClNO. The Balaban J connectivity index is 2.08. The van der Waals surface area contributed by atoms with Crippen LogP contribution in [0.2, 0.25) is 5.02 Å². The van der Waals surface area contributed by atoms with Gasteiger partial charge in [0.15, 0.2) is 0 Å². The maximum atomic E-state index is 5.97. The van der Waals surface area contributed by atoms with Crippen molar-refractivity contribution in [3.8, 4) is 0 Å². The van der Waals surface area contributed by atoms with E-state index in [0.29, 0.717) is 5.02 Å². The van der Waals surface area contributed by atoms with E-state index in [2.05, 4.69) is 21.2 Å². The lowest BCUT2D eigenvalue weighted by molar-refractivity contribution is 0.564. The first-order valence-corrected chi connectivity index (χ1v) is 5.63. The lowest BCUT2D eigenvalue weighted by atomic mass is 10.3. The second kappa shape index (κ2) is 4.73. The topological polar surface area (TPSA) is 25.2 Å². The number of anilines is 1. The molecular weight excluding hydrogens is 277 g/mol. The first-order chi connectivity index (χ1) is 7.27. The van der Waals surface area contributed by atoms with Gasteiger partial charge in [-0.25, -0.2) is 0 Å². The molecule has 1 aromatic carbocycles. The van der Waals surface area contributed by atoms with E-state index >= 15 is 0 Å². The van der Waals surface area contributed by atoms with E-state index < -0.39 is 0 Å². The predicted molar refractivity (Wildman–Crippen MR) is 65.2 cm³/mol. The Morgan fingerprint density at radius 3 is 2.93 bits per heavy atom. The van der Waals surface area contributed by atoms with Crippen LogP contribution in [-0.2, 0) is 6.54 Å². The van der Waals surface area contributed by atoms with Gasteiger partial charge in [-0.15, -0.1) is 0 Å². The maximum absolute atomic E-state index is 5.97. The SMILES string of the molecule is Clc1cccc(NCc2ccoc2)c1Br. The molecule has 0 aliphatic rings. The first kappa shape index (κ1) is 10.6. The van der Waals surface area contributed by atoms with Crippen molar-refractivity contribution in [2.24, 2.45) is 0 Å².